The molecule has 0 spiro atoms. The lowest BCUT2D eigenvalue weighted by atomic mass is 10.1. The molecule has 0 aliphatic rings. The van der Waals surface area contributed by atoms with E-state index < -0.39 is 8.32 Å². The zero-order valence-electron chi connectivity index (χ0n) is 22.0. The summed E-state index contributed by atoms with van der Waals surface area (Å²) in [6, 6.07) is 0. The Hall–Kier alpha value is -0.0831. The predicted molar refractivity (Wildman–Crippen MR) is 141 cm³/mol. The van der Waals surface area contributed by atoms with Crippen LogP contribution in [0.25, 0.3) is 0 Å². The number of allylic oxidation sites excluding steroid dienone is 2. The molecule has 0 amide bonds. The Bertz CT molecular complexity index is 381. The first-order chi connectivity index (χ1) is 14.3. The van der Waals surface area contributed by atoms with Crippen LogP contribution in [0.1, 0.15) is 143 Å². The number of hydrogen-bond acceptors (Lipinski definition) is 1. The molecule has 1 nitrogen and oxygen atoms in total. The van der Waals surface area contributed by atoms with E-state index in [9.17, 15) is 0 Å². The summed E-state index contributed by atoms with van der Waals surface area (Å²) in [7, 11) is -1.52. The number of unbranched alkanes of at least 4 members (excludes halogenated alkanes) is 16. The highest BCUT2D eigenvalue weighted by Gasteiger charge is 2.36. The minimum absolute atomic E-state index is 0.344. The van der Waals surface area contributed by atoms with Gasteiger partial charge in [0.05, 0.1) is 0 Å². The Morgan fingerprint density at radius 2 is 0.933 bits per heavy atom. The van der Waals surface area contributed by atoms with Crippen LogP contribution in [0, 0.1) is 0 Å². The van der Waals surface area contributed by atoms with E-state index in [1.165, 1.54) is 116 Å². The summed E-state index contributed by atoms with van der Waals surface area (Å²) in [4.78, 5) is 0. The Labute approximate surface area is 193 Å². The summed E-state index contributed by atoms with van der Waals surface area (Å²) in [5.74, 6) is 0. The van der Waals surface area contributed by atoms with Gasteiger partial charge < -0.3 is 4.43 Å². The maximum absolute atomic E-state index is 6.27. The van der Waals surface area contributed by atoms with Gasteiger partial charge in [-0.3, -0.25) is 0 Å². The lowest BCUT2D eigenvalue weighted by Crippen LogP contribution is -2.40. The molecule has 0 bridgehead atoms. The zero-order chi connectivity index (χ0) is 22.6. The smallest absolute Gasteiger partial charge is 0.191 e. The monoisotopic (exact) mass is 438 g/mol. The summed E-state index contributed by atoms with van der Waals surface area (Å²) in [6.45, 7) is 15.0. The Kier molecular flexibility index (Phi) is 19.5. The third-order valence-electron chi connectivity index (χ3n) is 6.93. The average molecular weight is 439 g/mol. The maximum Gasteiger partial charge on any atom is 0.191 e. The van der Waals surface area contributed by atoms with Crippen molar-refractivity contribution < 1.29 is 4.43 Å². The fraction of sp³-hybridized carbons (Fsp3) is 0.929. The summed E-state index contributed by atoms with van der Waals surface area (Å²) in [5, 5.41) is 0.344. The van der Waals surface area contributed by atoms with Gasteiger partial charge >= 0.3 is 0 Å². The second kappa shape index (κ2) is 19.6. The molecule has 0 heterocycles. The van der Waals surface area contributed by atoms with Crippen molar-refractivity contribution in [3.05, 3.63) is 12.2 Å². The Morgan fingerprint density at radius 1 is 0.567 bits per heavy atom. The van der Waals surface area contributed by atoms with Crippen LogP contribution in [-0.2, 0) is 4.43 Å². The highest BCUT2D eigenvalue weighted by Crippen LogP contribution is 2.36. The fourth-order valence-corrected chi connectivity index (χ4v) is 4.69. The van der Waals surface area contributed by atoms with Crippen LogP contribution in [0.2, 0.25) is 18.1 Å². The Balaban J connectivity index is 3.24. The first-order valence-electron chi connectivity index (χ1n) is 13.6. The van der Waals surface area contributed by atoms with E-state index in [-0.39, 0.29) is 0 Å². The van der Waals surface area contributed by atoms with E-state index in [2.05, 4.69) is 52.9 Å². The molecule has 30 heavy (non-hydrogen) atoms. The van der Waals surface area contributed by atoms with Crippen LogP contribution in [0.15, 0.2) is 12.2 Å². The first kappa shape index (κ1) is 29.9. The van der Waals surface area contributed by atoms with Gasteiger partial charge in [-0.05, 0) is 50.2 Å². The maximum atomic E-state index is 6.27. The molecule has 0 N–H and O–H groups in total. The minimum Gasteiger partial charge on any atom is -0.417 e. The lowest BCUT2D eigenvalue weighted by Gasteiger charge is -2.36. The van der Waals surface area contributed by atoms with Crippen LogP contribution in [0.4, 0.5) is 0 Å². The molecule has 0 saturated heterocycles. The van der Waals surface area contributed by atoms with Gasteiger partial charge in [-0.1, -0.05) is 123 Å². The summed E-state index contributed by atoms with van der Waals surface area (Å²) in [5.41, 5.74) is 0. The van der Waals surface area contributed by atoms with E-state index in [0.29, 0.717) is 5.04 Å². The number of rotatable bonds is 21. The molecule has 0 rings (SSSR count). The van der Waals surface area contributed by atoms with Crippen molar-refractivity contribution in [2.75, 3.05) is 6.61 Å². The molecule has 0 aliphatic carbocycles. The van der Waals surface area contributed by atoms with Crippen LogP contribution >= 0.6 is 0 Å². The van der Waals surface area contributed by atoms with Gasteiger partial charge in [-0.15, -0.1) is 0 Å². The molecule has 0 saturated carbocycles. The molecular formula is C28H58OSi. The molecule has 0 aromatic rings. The third kappa shape index (κ3) is 18.7. The second-order valence-corrected chi connectivity index (χ2v) is 15.8. The fourth-order valence-electron chi connectivity index (χ4n) is 3.60. The van der Waals surface area contributed by atoms with Gasteiger partial charge in [0.25, 0.3) is 0 Å². The van der Waals surface area contributed by atoms with Crippen molar-refractivity contribution in [2.24, 2.45) is 0 Å². The van der Waals surface area contributed by atoms with Crippen molar-refractivity contribution in [1.82, 2.24) is 0 Å². The van der Waals surface area contributed by atoms with Gasteiger partial charge in [0.2, 0.25) is 0 Å². The molecule has 2 heteroatoms. The molecule has 0 aromatic carbocycles. The number of hydrogen-bond donors (Lipinski definition) is 0. The first-order valence-corrected chi connectivity index (χ1v) is 16.5. The summed E-state index contributed by atoms with van der Waals surface area (Å²) < 4.78 is 6.27. The second-order valence-electron chi connectivity index (χ2n) is 11.0. The van der Waals surface area contributed by atoms with Crippen molar-refractivity contribution >= 4 is 8.32 Å². The molecule has 0 fully saturated rings. The SMILES string of the molecule is CCCCCCCC/C=C\CCCCCCCCCCCCO[Si](C)(C)C(C)(C)C. The van der Waals surface area contributed by atoms with Crippen LogP contribution in [-0.4, -0.2) is 14.9 Å². The van der Waals surface area contributed by atoms with E-state index in [0.717, 1.165) is 6.61 Å². The molecule has 0 aromatic heterocycles. The van der Waals surface area contributed by atoms with E-state index in [1.54, 1.807) is 0 Å². The van der Waals surface area contributed by atoms with Crippen LogP contribution in [0.5, 0.6) is 0 Å². The highest BCUT2D eigenvalue weighted by atomic mass is 28.4. The molecule has 0 aliphatic heterocycles. The van der Waals surface area contributed by atoms with Gasteiger partial charge in [0.15, 0.2) is 8.32 Å². The largest absolute Gasteiger partial charge is 0.417 e. The third-order valence-corrected chi connectivity index (χ3v) is 11.5. The highest BCUT2D eigenvalue weighted by molar-refractivity contribution is 6.74. The molecule has 180 valence electrons. The van der Waals surface area contributed by atoms with Crippen LogP contribution in [0.3, 0.4) is 0 Å². The topological polar surface area (TPSA) is 9.23 Å². The average Bonchev–Trinajstić information content (AvgIpc) is 2.68. The predicted octanol–water partition coefficient (Wildman–Crippen LogP) is 10.6. The van der Waals surface area contributed by atoms with Crippen molar-refractivity contribution in [3.63, 3.8) is 0 Å². The normalized spacial score (nSPS) is 12.9. The van der Waals surface area contributed by atoms with Gasteiger partial charge in [-0.2, -0.15) is 0 Å². The van der Waals surface area contributed by atoms with E-state index in [1.807, 2.05) is 0 Å². The Morgan fingerprint density at radius 3 is 1.33 bits per heavy atom. The van der Waals surface area contributed by atoms with Gasteiger partial charge in [0.1, 0.15) is 0 Å². The molecular weight excluding hydrogens is 380 g/mol. The summed E-state index contributed by atoms with van der Waals surface area (Å²) in [6.07, 6.45) is 29.9. The molecule has 0 atom stereocenters. The summed E-state index contributed by atoms with van der Waals surface area (Å²) >= 11 is 0. The lowest BCUT2D eigenvalue weighted by molar-refractivity contribution is 0.277. The quantitative estimate of drug-likeness (QED) is 0.0983. The minimum atomic E-state index is -1.52. The van der Waals surface area contributed by atoms with Crippen molar-refractivity contribution in [1.29, 1.82) is 0 Å². The van der Waals surface area contributed by atoms with Crippen LogP contribution < -0.4 is 0 Å². The standard InChI is InChI=1S/C28H58OSi/c1-7-8-9-10-11-12-13-14-15-16-17-18-19-20-21-22-23-24-25-26-27-29-30(5,6)28(2,3)4/h14-15H,7-13,16-27H2,1-6H3/b15-14-. The van der Waals surface area contributed by atoms with E-state index >= 15 is 0 Å². The molecule has 0 radical (unpaired) electrons. The zero-order valence-corrected chi connectivity index (χ0v) is 23.0. The van der Waals surface area contributed by atoms with E-state index in [4.69, 9.17) is 4.43 Å². The van der Waals surface area contributed by atoms with Crippen molar-refractivity contribution in [2.45, 2.75) is 161 Å². The van der Waals surface area contributed by atoms with Gasteiger partial charge in [-0.25, -0.2) is 0 Å². The van der Waals surface area contributed by atoms with Gasteiger partial charge in [0, 0.05) is 6.61 Å². The molecule has 0 unspecified atom stereocenters. The van der Waals surface area contributed by atoms with Crippen molar-refractivity contribution in [3.8, 4) is 0 Å².